The molecular formula is C46H35NO3. The van der Waals surface area contributed by atoms with Crippen molar-refractivity contribution in [3.05, 3.63) is 192 Å². The van der Waals surface area contributed by atoms with Gasteiger partial charge in [-0.1, -0.05) is 97.1 Å². The molecule has 4 bridgehead atoms. The first-order valence-electron chi connectivity index (χ1n) is 17.1. The molecule has 242 valence electrons. The molecule has 5 aromatic rings. The molecule has 3 aliphatic heterocycles. The molecule has 0 N–H and O–H groups in total. The summed E-state index contributed by atoms with van der Waals surface area (Å²) in [6, 6.07) is 42.3. The van der Waals surface area contributed by atoms with Crippen LogP contribution in [0.5, 0.6) is 17.2 Å². The summed E-state index contributed by atoms with van der Waals surface area (Å²) in [6.45, 7) is 2.62. The van der Waals surface area contributed by atoms with Crippen LogP contribution in [0.1, 0.15) is 36.5 Å². The standard InChI is InChI=1S/C46H35NO3/c1-2-36(26-35-30-48-44-14-8-6-13-42(35)44)47(37-20-16-32(17-21-37)31-10-4-3-5-11-31)38-22-25-43-34-19-23-39-27-33(41-12-7-9-15-45(41)49-39)18-24-40(28-34)50-46(43)29-38/h2-26,29H,27-28,30H2,1H3/b33-18+,34-19?,35-26+,36-2+,39-23+,40-24+. The summed E-state index contributed by atoms with van der Waals surface area (Å²) in [5.41, 5.74) is 12.4. The molecule has 0 amide bonds. The number of nitrogens with zero attached hydrogens (tertiary/aromatic N) is 1. The summed E-state index contributed by atoms with van der Waals surface area (Å²) in [6.07, 6.45) is 14.5. The molecule has 1 aliphatic carbocycles. The highest BCUT2D eigenvalue weighted by Gasteiger charge is 2.25. The summed E-state index contributed by atoms with van der Waals surface area (Å²) in [7, 11) is 0. The van der Waals surface area contributed by atoms with Gasteiger partial charge in [0.2, 0.25) is 0 Å². The van der Waals surface area contributed by atoms with Crippen molar-refractivity contribution in [3.8, 4) is 28.4 Å². The number of hydrogen-bond donors (Lipinski definition) is 0. The predicted octanol–water partition coefficient (Wildman–Crippen LogP) is 11.7. The fourth-order valence-electron chi connectivity index (χ4n) is 7.16. The second-order valence-electron chi connectivity index (χ2n) is 12.8. The Morgan fingerprint density at radius 3 is 1.90 bits per heavy atom. The smallest absolute Gasteiger partial charge is 0.136 e. The van der Waals surface area contributed by atoms with E-state index in [1.165, 1.54) is 22.3 Å². The van der Waals surface area contributed by atoms with Gasteiger partial charge in [0.15, 0.2) is 0 Å². The van der Waals surface area contributed by atoms with Gasteiger partial charge in [0, 0.05) is 58.2 Å². The van der Waals surface area contributed by atoms with Gasteiger partial charge in [0.1, 0.15) is 35.4 Å². The van der Waals surface area contributed by atoms with Crippen LogP contribution in [0, 0.1) is 0 Å². The first-order chi connectivity index (χ1) is 24.7. The minimum absolute atomic E-state index is 0.534. The molecule has 0 aromatic heterocycles. The molecule has 0 saturated heterocycles. The highest BCUT2D eigenvalue weighted by atomic mass is 16.5. The third-order valence-corrected chi connectivity index (χ3v) is 9.68. The van der Waals surface area contributed by atoms with Crippen molar-refractivity contribution in [2.45, 2.75) is 19.8 Å². The highest BCUT2D eigenvalue weighted by Crippen LogP contribution is 2.45. The molecule has 4 heteroatoms. The van der Waals surface area contributed by atoms with E-state index < -0.39 is 0 Å². The van der Waals surface area contributed by atoms with E-state index in [4.69, 9.17) is 14.2 Å². The molecule has 0 atom stereocenters. The molecule has 9 rings (SSSR count). The lowest BCUT2D eigenvalue weighted by atomic mass is 9.93. The Balaban J connectivity index is 1.14. The summed E-state index contributed by atoms with van der Waals surface area (Å²) in [5, 5.41) is 0. The van der Waals surface area contributed by atoms with Crippen LogP contribution in [0.25, 0.3) is 27.8 Å². The van der Waals surface area contributed by atoms with Crippen LogP contribution in [0.4, 0.5) is 11.4 Å². The van der Waals surface area contributed by atoms with Gasteiger partial charge in [-0.2, -0.15) is 0 Å². The first kappa shape index (κ1) is 29.8. The fourth-order valence-corrected chi connectivity index (χ4v) is 7.16. The molecule has 5 aromatic carbocycles. The van der Waals surface area contributed by atoms with Crippen molar-refractivity contribution in [1.29, 1.82) is 0 Å². The summed E-state index contributed by atoms with van der Waals surface area (Å²) in [4.78, 5) is 2.30. The van der Waals surface area contributed by atoms with Gasteiger partial charge >= 0.3 is 0 Å². The van der Waals surface area contributed by atoms with Gasteiger partial charge in [-0.25, -0.2) is 0 Å². The molecule has 0 fully saturated rings. The number of rotatable bonds is 5. The Bertz CT molecular complexity index is 2320. The largest absolute Gasteiger partial charge is 0.488 e. The van der Waals surface area contributed by atoms with Crippen molar-refractivity contribution < 1.29 is 14.2 Å². The van der Waals surface area contributed by atoms with E-state index in [9.17, 15) is 0 Å². The average Bonchev–Trinajstić information content (AvgIpc) is 3.58. The van der Waals surface area contributed by atoms with Gasteiger partial charge in [0.25, 0.3) is 0 Å². The maximum atomic E-state index is 6.70. The molecule has 50 heavy (non-hydrogen) atoms. The summed E-state index contributed by atoms with van der Waals surface area (Å²) >= 11 is 0. The van der Waals surface area contributed by atoms with Gasteiger partial charge in [-0.15, -0.1) is 0 Å². The number of para-hydroxylation sites is 2. The molecule has 4 aliphatic rings. The van der Waals surface area contributed by atoms with Gasteiger partial charge in [-0.05, 0) is 83.8 Å². The molecule has 0 unspecified atom stereocenters. The monoisotopic (exact) mass is 649 g/mol. The molecular weight excluding hydrogens is 615 g/mol. The maximum absolute atomic E-state index is 6.70. The first-order valence-corrected chi connectivity index (χ1v) is 17.1. The Morgan fingerprint density at radius 2 is 1.16 bits per heavy atom. The zero-order valence-corrected chi connectivity index (χ0v) is 27.8. The van der Waals surface area contributed by atoms with Crippen LogP contribution in [-0.4, -0.2) is 6.61 Å². The van der Waals surface area contributed by atoms with Crippen molar-refractivity contribution >= 4 is 28.1 Å². The SMILES string of the molecule is C/C=C(\C=C1/COc2ccccc21)N(c1ccc(-c2ccccc2)cc1)c1ccc2c(c1)O/C1=C/C=C3\C/C(=C\C=C2C1)Oc1ccccc13. The van der Waals surface area contributed by atoms with Crippen molar-refractivity contribution in [2.75, 3.05) is 11.5 Å². The van der Waals surface area contributed by atoms with Crippen molar-refractivity contribution in [1.82, 2.24) is 0 Å². The van der Waals surface area contributed by atoms with E-state index in [-0.39, 0.29) is 0 Å². The average molecular weight is 650 g/mol. The van der Waals surface area contributed by atoms with Gasteiger partial charge in [-0.3, -0.25) is 0 Å². The van der Waals surface area contributed by atoms with E-state index >= 15 is 0 Å². The zero-order chi connectivity index (χ0) is 33.4. The van der Waals surface area contributed by atoms with E-state index in [2.05, 4.69) is 139 Å². The van der Waals surface area contributed by atoms with Crippen LogP contribution >= 0.6 is 0 Å². The minimum Gasteiger partial charge on any atom is -0.488 e. The van der Waals surface area contributed by atoms with Crippen LogP contribution in [-0.2, 0) is 0 Å². The molecule has 4 nitrogen and oxygen atoms in total. The van der Waals surface area contributed by atoms with E-state index in [0.717, 1.165) is 74.5 Å². The van der Waals surface area contributed by atoms with E-state index in [1.807, 2.05) is 30.3 Å². The van der Waals surface area contributed by atoms with Crippen molar-refractivity contribution in [2.24, 2.45) is 0 Å². The Kier molecular flexibility index (Phi) is 7.55. The number of ether oxygens (including phenoxy) is 3. The molecule has 0 radical (unpaired) electrons. The lowest BCUT2D eigenvalue weighted by Gasteiger charge is -2.30. The highest BCUT2D eigenvalue weighted by molar-refractivity contribution is 5.84. The lowest BCUT2D eigenvalue weighted by Crippen LogP contribution is -2.16. The topological polar surface area (TPSA) is 30.9 Å². The Morgan fingerprint density at radius 1 is 0.560 bits per heavy atom. The molecule has 0 spiro atoms. The molecule has 3 heterocycles. The number of allylic oxidation sites excluding steroid dienone is 8. The predicted molar refractivity (Wildman–Crippen MR) is 203 cm³/mol. The minimum atomic E-state index is 0.534. The van der Waals surface area contributed by atoms with E-state index in [0.29, 0.717) is 13.0 Å². The lowest BCUT2D eigenvalue weighted by molar-refractivity contribution is 0.388. The third kappa shape index (κ3) is 5.55. The second-order valence-corrected chi connectivity index (χ2v) is 12.8. The van der Waals surface area contributed by atoms with Crippen LogP contribution < -0.4 is 19.1 Å². The fraction of sp³-hybridized carbons (Fsp3) is 0.0870. The number of benzene rings is 5. The van der Waals surface area contributed by atoms with E-state index in [1.54, 1.807) is 0 Å². The van der Waals surface area contributed by atoms with Crippen LogP contribution in [0.2, 0.25) is 0 Å². The number of anilines is 2. The number of hydrogen-bond acceptors (Lipinski definition) is 4. The van der Waals surface area contributed by atoms with Gasteiger partial charge in [0.05, 0.1) is 0 Å². The maximum Gasteiger partial charge on any atom is 0.136 e. The Labute approximate surface area is 292 Å². The normalized spacial score (nSPS) is 19.7. The van der Waals surface area contributed by atoms with Gasteiger partial charge < -0.3 is 19.1 Å². The number of fused-ring (bicyclic) bond motifs is 9. The van der Waals surface area contributed by atoms with Crippen molar-refractivity contribution in [3.63, 3.8) is 0 Å². The van der Waals surface area contributed by atoms with Crippen LogP contribution in [0.15, 0.2) is 175 Å². The second kappa shape index (κ2) is 12.6. The summed E-state index contributed by atoms with van der Waals surface area (Å²) in [5.74, 6) is 4.51. The molecule has 0 saturated carbocycles. The Hall–Kier alpha value is -6.26. The third-order valence-electron chi connectivity index (χ3n) is 9.68. The summed E-state index contributed by atoms with van der Waals surface area (Å²) < 4.78 is 19.1. The van der Waals surface area contributed by atoms with Crippen LogP contribution in [0.3, 0.4) is 0 Å². The quantitative estimate of drug-likeness (QED) is 0.190. The zero-order valence-electron chi connectivity index (χ0n) is 27.8.